The molecule has 222 valence electrons. The Morgan fingerprint density at radius 1 is 0.977 bits per heavy atom. The van der Waals surface area contributed by atoms with Crippen molar-refractivity contribution in [3.8, 4) is 11.4 Å². The number of rotatable bonds is 8. The summed E-state index contributed by atoms with van der Waals surface area (Å²) < 4.78 is 7.84. The fourth-order valence-corrected chi connectivity index (χ4v) is 6.31. The zero-order valence-electron chi connectivity index (χ0n) is 24.6. The predicted octanol–water partition coefficient (Wildman–Crippen LogP) is 7.65. The van der Waals surface area contributed by atoms with E-state index in [2.05, 4.69) is 46.9 Å². The maximum Gasteiger partial charge on any atom is 0.262 e. The fraction of sp³-hybridized carbons (Fsp3) is 0.171. The van der Waals surface area contributed by atoms with E-state index >= 15 is 0 Å². The van der Waals surface area contributed by atoms with Gasteiger partial charge in [-0.3, -0.25) is 9.78 Å². The SMILES string of the molecule is Cc1ccc(Cl)cc1-n1c(C)cc([C@H]2[C@@H](c3ccccn3)NC(=S)N2c2ccc(NC(=O)COc3ccccc3)cc2)c1C. The zero-order valence-corrected chi connectivity index (χ0v) is 26.2. The molecule has 9 heteroatoms. The predicted molar refractivity (Wildman–Crippen MR) is 180 cm³/mol. The van der Waals surface area contributed by atoms with Gasteiger partial charge in [0.15, 0.2) is 11.7 Å². The van der Waals surface area contributed by atoms with Gasteiger partial charge in [-0.15, -0.1) is 0 Å². The minimum absolute atomic E-state index is 0.0819. The third kappa shape index (κ3) is 5.91. The van der Waals surface area contributed by atoms with E-state index in [1.165, 1.54) is 0 Å². The van der Waals surface area contributed by atoms with Gasteiger partial charge in [0.25, 0.3) is 5.91 Å². The standard InChI is InChI=1S/C35H32ClN5O2S/c1-22-12-13-25(36)20-31(22)40-23(2)19-29(24(40)3)34-33(30-11-7-8-18-37-30)39-35(44)41(34)27-16-14-26(15-17-27)38-32(42)21-43-28-9-5-4-6-10-28/h4-20,33-34H,21H2,1-3H3,(H,38,42)(H,39,44)/t33-,34+/m1/s1. The molecule has 0 unspecified atom stereocenters. The first-order valence-corrected chi connectivity index (χ1v) is 15.1. The number of aryl methyl sites for hydroxylation is 2. The number of halogens is 1. The first-order chi connectivity index (χ1) is 21.3. The van der Waals surface area contributed by atoms with Gasteiger partial charge in [-0.25, -0.2) is 0 Å². The summed E-state index contributed by atoms with van der Waals surface area (Å²) in [6.45, 7) is 6.25. The van der Waals surface area contributed by atoms with Crippen LogP contribution in [0, 0.1) is 20.8 Å². The van der Waals surface area contributed by atoms with Crippen LogP contribution in [0.1, 0.15) is 40.3 Å². The summed E-state index contributed by atoms with van der Waals surface area (Å²) in [5, 5.41) is 7.74. The van der Waals surface area contributed by atoms with Gasteiger partial charge >= 0.3 is 0 Å². The van der Waals surface area contributed by atoms with Crippen molar-refractivity contribution in [3.63, 3.8) is 0 Å². The van der Waals surface area contributed by atoms with Crippen LogP contribution in [0.2, 0.25) is 5.02 Å². The molecule has 3 aromatic carbocycles. The molecule has 2 aromatic heterocycles. The number of benzene rings is 3. The molecule has 1 saturated heterocycles. The Kier molecular flexibility index (Phi) is 8.37. The van der Waals surface area contributed by atoms with E-state index in [4.69, 9.17) is 33.5 Å². The molecule has 3 heterocycles. The van der Waals surface area contributed by atoms with E-state index in [1.807, 2.05) is 91.0 Å². The number of thiocarbonyl (C=S) groups is 1. The first-order valence-electron chi connectivity index (χ1n) is 14.3. The number of aromatic nitrogens is 2. The van der Waals surface area contributed by atoms with E-state index in [1.54, 1.807) is 6.20 Å². The van der Waals surface area contributed by atoms with Crippen molar-refractivity contribution in [2.75, 3.05) is 16.8 Å². The van der Waals surface area contributed by atoms with Gasteiger partial charge in [0, 0.05) is 39.7 Å². The molecule has 6 rings (SSSR count). The molecule has 1 aliphatic heterocycles. The smallest absolute Gasteiger partial charge is 0.262 e. The summed E-state index contributed by atoms with van der Waals surface area (Å²) in [4.78, 5) is 19.4. The maximum absolute atomic E-state index is 12.6. The van der Waals surface area contributed by atoms with E-state index in [0.717, 1.165) is 39.6 Å². The van der Waals surface area contributed by atoms with Gasteiger partial charge in [0.05, 0.1) is 17.8 Å². The summed E-state index contributed by atoms with van der Waals surface area (Å²) in [5.74, 6) is 0.406. The van der Waals surface area contributed by atoms with Gasteiger partial charge in [-0.1, -0.05) is 41.9 Å². The lowest BCUT2D eigenvalue weighted by atomic mass is 9.96. The molecule has 1 fully saturated rings. The molecule has 2 atom stereocenters. The highest BCUT2D eigenvalue weighted by molar-refractivity contribution is 7.80. The molecule has 44 heavy (non-hydrogen) atoms. The number of ether oxygens (including phenoxy) is 1. The molecule has 5 aromatic rings. The third-order valence-corrected chi connectivity index (χ3v) is 8.39. The Balaban J connectivity index is 1.32. The van der Waals surface area contributed by atoms with Crippen molar-refractivity contribution in [2.24, 2.45) is 0 Å². The molecule has 1 amide bonds. The molecular weight excluding hydrogens is 590 g/mol. The van der Waals surface area contributed by atoms with Crippen LogP contribution < -0.4 is 20.3 Å². The lowest BCUT2D eigenvalue weighted by Crippen LogP contribution is -2.29. The van der Waals surface area contributed by atoms with Gasteiger partial charge in [-0.05, 0) is 111 Å². The quantitative estimate of drug-likeness (QED) is 0.174. The molecule has 2 N–H and O–H groups in total. The van der Waals surface area contributed by atoms with Crippen LogP contribution in [0.5, 0.6) is 5.75 Å². The Labute approximate surface area is 267 Å². The van der Waals surface area contributed by atoms with Crippen LogP contribution in [0.3, 0.4) is 0 Å². The molecular formula is C35H32ClN5O2S. The summed E-state index contributed by atoms with van der Waals surface area (Å²) in [5.41, 5.74) is 7.95. The van der Waals surface area contributed by atoms with Gasteiger partial charge in [0.1, 0.15) is 5.75 Å². The van der Waals surface area contributed by atoms with Crippen LogP contribution in [0.15, 0.2) is 103 Å². The lowest BCUT2D eigenvalue weighted by molar-refractivity contribution is -0.118. The third-order valence-electron chi connectivity index (χ3n) is 7.84. The van der Waals surface area contributed by atoms with E-state index in [-0.39, 0.29) is 24.6 Å². The number of pyridine rings is 1. The normalized spacial score (nSPS) is 16.1. The Bertz CT molecular complexity index is 1810. The first kappa shape index (κ1) is 29.4. The zero-order chi connectivity index (χ0) is 30.8. The van der Waals surface area contributed by atoms with Crippen LogP contribution in [-0.2, 0) is 4.79 Å². The van der Waals surface area contributed by atoms with Crippen LogP contribution >= 0.6 is 23.8 Å². The number of nitrogens with zero attached hydrogens (tertiary/aromatic N) is 3. The lowest BCUT2D eigenvalue weighted by Gasteiger charge is -2.28. The van der Waals surface area contributed by atoms with Crippen molar-refractivity contribution < 1.29 is 9.53 Å². The number of nitrogens with one attached hydrogen (secondary N) is 2. The van der Waals surface area contributed by atoms with Crippen molar-refractivity contribution >= 4 is 46.2 Å². The number of para-hydroxylation sites is 1. The highest BCUT2D eigenvalue weighted by Gasteiger charge is 2.42. The van der Waals surface area contributed by atoms with Crippen molar-refractivity contribution in [2.45, 2.75) is 32.9 Å². The summed E-state index contributed by atoms with van der Waals surface area (Å²) >= 11 is 12.4. The van der Waals surface area contributed by atoms with Gasteiger partial charge in [-0.2, -0.15) is 0 Å². The summed E-state index contributed by atoms with van der Waals surface area (Å²) in [7, 11) is 0. The number of amides is 1. The van der Waals surface area contributed by atoms with Crippen molar-refractivity contribution in [1.82, 2.24) is 14.9 Å². The fourth-order valence-electron chi connectivity index (χ4n) is 5.80. The Morgan fingerprint density at radius 3 is 2.45 bits per heavy atom. The Hall–Kier alpha value is -4.66. The molecule has 0 aliphatic carbocycles. The number of anilines is 2. The van der Waals surface area contributed by atoms with E-state index in [0.29, 0.717) is 21.6 Å². The second-order valence-electron chi connectivity index (χ2n) is 10.8. The number of carbonyl (C=O) groups excluding carboxylic acids is 1. The minimum atomic E-state index is -0.239. The number of carbonyl (C=O) groups is 1. The average molecular weight is 622 g/mol. The molecule has 1 aliphatic rings. The van der Waals surface area contributed by atoms with Crippen LogP contribution in [0.25, 0.3) is 5.69 Å². The van der Waals surface area contributed by atoms with Gasteiger partial charge < -0.3 is 24.8 Å². The largest absolute Gasteiger partial charge is 0.484 e. The minimum Gasteiger partial charge on any atom is -0.484 e. The highest BCUT2D eigenvalue weighted by Crippen LogP contribution is 2.44. The second kappa shape index (κ2) is 12.5. The van der Waals surface area contributed by atoms with Crippen LogP contribution in [-0.4, -0.2) is 27.2 Å². The molecule has 7 nitrogen and oxygen atoms in total. The topological polar surface area (TPSA) is 71.4 Å². The molecule has 0 spiro atoms. The number of hydrogen-bond donors (Lipinski definition) is 2. The second-order valence-corrected chi connectivity index (χ2v) is 11.6. The molecule has 0 saturated carbocycles. The monoisotopic (exact) mass is 621 g/mol. The van der Waals surface area contributed by atoms with Crippen molar-refractivity contribution in [1.29, 1.82) is 0 Å². The van der Waals surface area contributed by atoms with Gasteiger partial charge in [0.2, 0.25) is 0 Å². The van der Waals surface area contributed by atoms with E-state index in [9.17, 15) is 4.79 Å². The van der Waals surface area contributed by atoms with Crippen LogP contribution in [0.4, 0.5) is 11.4 Å². The number of hydrogen-bond acceptors (Lipinski definition) is 4. The van der Waals surface area contributed by atoms with E-state index < -0.39 is 0 Å². The molecule has 0 radical (unpaired) electrons. The Morgan fingerprint density at radius 2 is 1.73 bits per heavy atom. The molecule has 0 bridgehead atoms. The average Bonchev–Trinajstić information content (AvgIpc) is 3.53. The maximum atomic E-state index is 12.6. The highest BCUT2D eigenvalue weighted by atomic mass is 35.5. The summed E-state index contributed by atoms with van der Waals surface area (Å²) in [6.07, 6.45) is 1.80. The summed E-state index contributed by atoms with van der Waals surface area (Å²) in [6, 6.07) is 30.7. The van der Waals surface area contributed by atoms with Crippen molar-refractivity contribution in [3.05, 3.63) is 136 Å².